The summed E-state index contributed by atoms with van der Waals surface area (Å²) in [5.74, 6) is 0.432. The monoisotopic (exact) mass is 460 g/mol. The Balaban J connectivity index is 1.64. The summed E-state index contributed by atoms with van der Waals surface area (Å²) >= 11 is 6.32. The maximum Gasteiger partial charge on any atom is 0.416 e. The summed E-state index contributed by atoms with van der Waals surface area (Å²) in [5, 5.41) is 22.8. The maximum absolute atomic E-state index is 12.8. The van der Waals surface area contributed by atoms with Gasteiger partial charge in [-0.3, -0.25) is 4.98 Å². The minimum Gasteiger partial charge on any atom is -0.393 e. The van der Waals surface area contributed by atoms with Gasteiger partial charge in [0.15, 0.2) is 0 Å². The van der Waals surface area contributed by atoms with Gasteiger partial charge in [0.25, 0.3) is 0 Å². The molecular weight excluding hydrogens is 445 g/mol. The number of hydrogen-bond acceptors (Lipinski definition) is 6. The molecule has 0 bridgehead atoms. The van der Waals surface area contributed by atoms with E-state index in [2.05, 4.69) is 20.3 Å². The number of nitrogens with one attached hydrogen (secondary N) is 1. The van der Waals surface area contributed by atoms with Crippen LogP contribution in [0.3, 0.4) is 0 Å². The van der Waals surface area contributed by atoms with Gasteiger partial charge in [0, 0.05) is 28.4 Å². The Bertz CT molecular complexity index is 1270. The molecule has 2 aromatic heterocycles. The van der Waals surface area contributed by atoms with Crippen molar-refractivity contribution in [3.63, 3.8) is 0 Å². The van der Waals surface area contributed by atoms with Gasteiger partial charge in [0.1, 0.15) is 18.2 Å². The molecule has 2 aromatic carbocycles. The van der Waals surface area contributed by atoms with Gasteiger partial charge in [-0.15, -0.1) is 0 Å². The molecule has 0 radical (unpaired) electrons. The van der Waals surface area contributed by atoms with Crippen molar-refractivity contribution < 1.29 is 23.4 Å². The van der Waals surface area contributed by atoms with Crippen molar-refractivity contribution >= 4 is 34.0 Å². The van der Waals surface area contributed by atoms with E-state index in [9.17, 15) is 18.3 Å². The number of anilines is 2. The lowest BCUT2D eigenvalue weighted by Gasteiger charge is -2.12. The molecule has 164 valence electrons. The molecule has 4 aromatic rings. The molecule has 3 N–H and O–H groups in total. The van der Waals surface area contributed by atoms with E-state index in [4.69, 9.17) is 16.7 Å². The van der Waals surface area contributed by atoms with Gasteiger partial charge >= 0.3 is 6.18 Å². The number of rotatable bonds is 5. The molecule has 0 fully saturated rings. The highest BCUT2D eigenvalue weighted by Gasteiger charge is 2.30. The second kappa shape index (κ2) is 8.70. The number of hydrogen-bond donors (Lipinski definition) is 3. The van der Waals surface area contributed by atoms with Crippen LogP contribution in [0.25, 0.3) is 22.2 Å². The third-order valence-corrected chi connectivity index (χ3v) is 5.09. The first kappa shape index (κ1) is 21.9. The van der Waals surface area contributed by atoms with Crippen LogP contribution in [0.5, 0.6) is 0 Å². The topological polar surface area (TPSA) is 91.2 Å². The standard InChI is InChI=1S/C22H16ClF3N4O2/c23-17-7-13(19(32)10-31)9-27-20(17)12-1-6-16-18(8-12)28-11-29-21(16)30-15-4-2-14(3-5-15)22(24,25)26/h1-9,11,19,31-32H,10H2,(H,28,29,30)/t19-/m0/s1. The van der Waals surface area contributed by atoms with Gasteiger partial charge in [-0.2, -0.15) is 13.2 Å². The Kier molecular flexibility index (Phi) is 5.96. The Labute approximate surface area is 185 Å². The zero-order valence-electron chi connectivity index (χ0n) is 16.3. The first-order valence-corrected chi connectivity index (χ1v) is 9.78. The number of aliphatic hydroxyl groups excluding tert-OH is 2. The van der Waals surface area contributed by atoms with Gasteiger partial charge in [-0.1, -0.05) is 17.7 Å². The molecule has 0 saturated heterocycles. The number of nitrogens with zero attached hydrogens (tertiary/aromatic N) is 3. The fourth-order valence-electron chi connectivity index (χ4n) is 3.14. The van der Waals surface area contributed by atoms with E-state index in [1.807, 2.05) is 0 Å². The lowest BCUT2D eigenvalue weighted by molar-refractivity contribution is -0.137. The Morgan fingerprint density at radius 1 is 1.00 bits per heavy atom. The molecule has 32 heavy (non-hydrogen) atoms. The van der Waals surface area contributed by atoms with Crippen molar-refractivity contribution in [3.8, 4) is 11.3 Å². The highest BCUT2D eigenvalue weighted by atomic mass is 35.5. The van der Waals surface area contributed by atoms with Crippen LogP contribution in [-0.4, -0.2) is 31.8 Å². The fourth-order valence-corrected chi connectivity index (χ4v) is 3.42. The van der Waals surface area contributed by atoms with Crippen molar-refractivity contribution in [3.05, 3.63) is 77.2 Å². The second-order valence-corrected chi connectivity index (χ2v) is 7.36. The van der Waals surface area contributed by atoms with Gasteiger partial charge in [0.05, 0.1) is 28.4 Å². The predicted molar refractivity (Wildman–Crippen MR) is 115 cm³/mol. The number of pyridine rings is 1. The number of fused-ring (bicyclic) bond motifs is 1. The minimum absolute atomic E-state index is 0.298. The van der Waals surface area contributed by atoms with E-state index in [1.165, 1.54) is 30.7 Å². The van der Waals surface area contributed by atoms with Crippen LogP contribution in [0.2, 0.25) is 5.02 Å². The van der Waals surface area contributed by atoms with Crippen molar-refractivity contribution in [1.82, 2.24) is 15.0 Å². The number of aliphatic hydroxyl groups is 2. The van der Waals surface area contributed by atoms with Crippen LogP contribution >= 0.6 is 11.6 Å². The summed E-state index contributed by atoms with van der Waals surface area (Å²) in [6.07, 6.45) is -2.70. The Morgan fingerprint density at radius 3 is 2.41 bits per heavy atom. The highest BCUT2D eigenvalue weighted by molar-refractivity contribution is 6.33. The zero-order valence-corrected chi connectivity index (χ0v) is 17.1. The normalized spacial score (nSPS) is 12.7. The molecule has 0 aliphatic carbocycles. The molecule has 0 aliphatic heterocycles. The molecule has 0 unspecified atom stereocenters. The first-order chi connectivity index (χ1) is 15.3. The number of halogens is 4. The zero-order chi connectivity index (χ0) is 22.9. The van der Waals surface area contributed by atoms with Crippen LogP contribution in [0.15, 0.2) is 61.1 Å². The van der Waals surface area contributed by atoms with E-state index < -0.39 is 24.5 Å². The maximum atomic E-state index is 12.8. The molecule has 4 rings (SSSR count). The van der Waals surface area contributed by atoms with Crippen molar-refractivity contribution in [2.24, 2.45) is 0 Å². The van der Waals surface area contributed by atoms with E-state index in [0.29, 0.717) is 44.3 Å². The number of alkyl halides is 3. The quantitative estimate of drug-likeness (QED) is 0.382. The summed E-state index contributed by atoms with van der Waals surface area (Å²) in [6.45, 7) is -0.445. The lowest BCUT2D eigenvalue weighted by Crippen LogP contribution is -2.04. The summed E-state index contributed by atoms with van der Waals surface area (Å²) in [4.78, 5) is 12.7. The molecule has 1 atom stereocenters. The molecule has 0 aliphatic rings. The SMILES string of the molecule is OC[C@H](O)c1cnc(-c2ccc3c(Nc4ccc(C(F)(F)F)cc4)ncnc3c2)c(Cl)c1. The van der Waals surface area contributed by atoms with Crippen LogP contribution in [-0.2, 0) is 6.18 Å². The average molecular weight is 461 g/mol. The van der Waals surface area contributed by atoms with E-state index in [1.54, 1.807) is 18.2 Å². The van der Waals surface area contributed by atoms with Gasteiger partial charge < -0.3 is 15.5 Å². The largest absolute Gasteiger partial charge is 0.416 e. The third kappa shape index (κ3) is 4.50. The second-order valence-electron chi connectivity index (χ2n) is 6.95. The highest BCUT2D eigenvalue weighted by Crippen LogP contribution is 2.33. The summed E-state index contributed by atoms with van der Waals surface area (Å²) in [7, 11) is 0. The van der Waals surface area contributed by atoms with Crippen LogP contribution in [0.4, 0.5) is 24.7 Å². The summed E-state index contributed by atoms with van der Waals surface area (Å²) in [5.41, 5.74) is 1.83. The summed E-state index contributed by atoms with van der Waals surface area (Å²) < 4.78 is 38.3. The van der Waals surface area contributed by atoms with Gasteiger partial charge in [0.2, 0.25) is 0 Å². The predicted octanol–water partition coefficient (Wildman–Crippen LogP) is 5.13. The van der Waals surface area contributed by atoms with Gasteiger partial charge in [-0.05, 0) is 42.5 Å². The lowest BCUT2D eigenvalue weighted by atomic mass is 10.1. The van der Waals surface area contributed by atoms with Crippen molar-refractivity contribution in [1.29, 1.82) is 0 Å². The summed E-state index contributed by atoms with van der Waals surface area (Å²) in [6, 6.07) is 11.5. The molecule has 10 heteroatoms. The molecule has 0 spiro atoms. The van der Waals surface area contributed by atoms with E-state index in [-0.39, 0.29) is 0 Å². The minimum atomic E-state index is -4.40. The number of benzene rings is 2. The molecule has 2 heterocycles. The third-order valence-electron chi connectivity index (χ3n) is 4.80. The van der Waals surface area contributed by atoms with Crippen LogP contribution in [0, 0.1) is 0 Å². The van der Waals surface area contributed by atoms with E-state index >= 15 is 0 Å². The smallest absolute Gasteiger partial charge is 0.393 e. The Morgan fingerprint density at radius 2 is 1.75 bits per heavy atom. The molecule has 0 amide bonds. The van der Waals surface area contributed by atoms with E-state index in [0.717, 1.165) is 12.1 Å². The average Bonchev–Trinajstić information content (AvgIpc) is 2.78. The first-order valence-electron chi connectivity index (χ1n) is 9.40. The fraction of sp³-hybridized carbons (Fsp3) is 0.136. The van der Waals surface area contributed by atoms with Gasteiger partial charge in [-0.25, -0.2) is 9.97 Å². The van der Waals surface area contributed by atoms with Crippen LogP contribution < -0.4 is 5.32 Å². The molecular formula is C22H16ClF3N4O2. The van der Waals surface area contributed by atoms with Crippen molar-refractivity contribution in [2.75, 3.05) is 11.9 Å². The number of aromatic nitrogens is 3. The van der Waals surface area contributed by atoms with Crippen molar-refractivity contribution in [2.45, 2.75) is 12.3 Å². The Hall–Kier alpha value is -3.27. The molecule has 0 saturated carbocycles. The molecule has 6 nitrogen and oxygen atoms in total. The van der Waals surface area contributed by atoms with Crippen LogP contribution in [0.1, 0.15) is 17.2 Å².